The van der Waals surface area contributed by atoms with Gasteiger partial charge in [0.1, 0.15) is 12.4 Å². The van der Waals surface area contributed by atoms with Crippen molar-refractivity contribution in [1.29, 1.82) is 0 Å². The Hall–Kier alpha value is -3.22. The van der Waals surface area contributed by atoms with Gasteiger partial charge >= 0.3 is 0 Å². The molecule has 1 saturated heterocycles. The third kappa shape index (κ3) is 7.06. The van der Waals surface area contributed by atoms with Gasteiger partial charge in [-0.25, -0.2) is 0 Å². The largest absolute Gasteiger partial charge is 0.488 e. The molecule has 0 aliphatic carbocycles. The zero-order valence-corrected chi connectivity index (χ0v) is 23.8. The summed E-state index contributed by atoms with van der Waals surface area (Å²) in [6.07, 6.45) is 1.81. The summed E-state index contributed by atoms with van der Waals surface area (Å²) in [5.74, 6) is 0.474. The Morgan fingerprint density at radius 1 is 0.795 bits per heavy atom. The van der Waals surface area contributed by atoms with Crippen LogP contribution in [0.3, 0.4) is 0 Å². The van der Waals surface area contributed by atoms with Gasteiger partial charge in [0.2, 0.25) is 0 Å². The molecule has 0 radical (unpaired) electrons. The van der Waals surface area contributed by atoms with Gasteiger partial charge in [0.15, 0.2) is 5.17 Å². The Morgan fingerprint density at radius 3 is 2.23 bits per heavy atom. The molecule has 5 rings (SSSR count). The van der Waals surface area contributed by atoms with Crippen LogP contribution in [0, 0.1) is 0 Å². The number of rotatable bonds is 8. The molecule has 1 aliphatic rings. The van der Waals surface area contributed by atoms with Crippen molar-refractivity contribution < 1.29 is 9.53 Å². The van der Waals surface area contributed by atoms with Crippen LogP contribution in [0.5, 0.6) is 5.75 Å². The number of hydrogen-bond acceptors (Lipinski definition) is 4. The lowest BCUT2D eigenvalue weighted by Crippen LogP contribution is -2.28. The van der Waals surface area contributed by atoms with Crippen LogP contribution in [-0.2, 0) is 24.5 Å². The summed E-state index contributed by atoms with van der Waals surface area (Å²) in [7, 11) is 0. The number of amidine groups is 1. The molecule has 0 unspecified atom stereocenters. The van der Waals surface area contributed by atoms with E-state index in [-0.39, 0.29) is 12.5 Å². The van der Waals surface area contributed by atoms with E-state index in [1.807, 2.05) is 72.8 Å². The highest BCUT2D eigenvalue weighted by Crippen LogP contribution is 2.36. The van der Waals surface area contributed by atoms with Crippen molar-refractivity contribution in [3.05, 3.63) is 139 Å². The van der Waals surface area contributed by atoms with Gasteiger partial charge in [-0.05, 0) is 64.9 Å². The highest BCUT2D eigenvalue weighted by atomic mass is 35.5. The third-order valence-electron chi connectivity index (χ3n) is 5.95. The van der Waals surface area contributed by atoms with Crippen molar-refractivity contribution in [1.82, 2.24) is 4.90 Å². The van der Waals surface area contributed by atoms with Crippen LogP contribution in [0.2, 0.25) is 15.1 Å². The summed E-state index contributed by atoms with van der Waals surface area (Å²) in [4.78, 5) is 20.7. The number of carbonyl (C=O) groups is 1. The zero-order chi connectivity index (χ0) is 27.2. The minimum Gasteiger partial charge on any atom is -0.488 e. The highest BCUT2D eigenvalue weighted by Gasteiger charge is 2.33. The van der Waals surface area contributed by atoms with Crippen LogP contribution < -0.4 is 4.74 Å². The predicted molar refractivity (Wildman–Crippen MR) is 162 cm³/mol. The quantitative estimate of drug-likeness (QED) is 0.192. The van der Waals surface area contributed by atoms with E-state index in [0.29, 0.717) is 49.5 Å². The summed E-state index contributed by atoms with van der Waals surface area (Å²) >= 11 is 19.9. The average Bonchev–Trinajstić information content (AvgIpc) is 3.23. The fourth-order valence-corrected chi connectivity index (χ4v) is 5.44. The van der Waals surface area contributed by atoms with Crippen LogP contribution in [-0.4, -0.2) is 16.0 Å². The van der Waals surface area contributed by atoms with Crippen LogP contribution in [0.1, 0.15) is 22.3 Å². The van der Waals surface area contributed by atoms with Crippen molar-refractivity contribution in [3.8, 4) is 5.75 Å². The molecular weight excluding hydrogens is 571 g/mol. The van der Waals surface area contributed by atoms with Gasteiger partial charge < -0.3 is 4.74 Å². The lowest BCUT2D eigenvalue weighted by molar-refractivity contribution is -0.122. The van der Waals surface area contributed by atoms with Crippen LogP contribution in [0.25, 0.3) is 6.08 Å². The SMILES string of the molecule is O=C1/C(=C/c2cc(Cl)ccc2OCc2ccc(Cl)c(Cl)c2)SC(=NCc2ccccc2)N1Cc1ccccc1. The van der Waals surface area contributed by atoms with Gasteiger partial charge in [-0.3, -0.25) is 14.7 Å². The summed E-state index contributed by atoms with van der Waals surface area (Å²) in [5, 5.41) is 2.14. The molecule has 0 saturated carbocycles. The van der Waals surface area contributed by atoms with E-state index in [2.05, 4.69) is 0 Å². The predicted octanol–water partition coefficient (Wildman–Crippen LogP) is 8.90. The average molecular weight is 594 g/mol. The first-order chi connectivity index (χ1) is 19.0. The second-order valence-electron chi connectivity index (χ2n) is 8.79. The number of benzene rings is 4. The number of halogens is 3. The monoisotopic (exact) mass is 592 g/mol. The van der Waals surface area contributed by atoms with E-state index in [4.69, 9.17) is 44.5 Å². The molecule has 1 fully saturated rings. The van der Waals surface area contributed by atoms with Gasteiger partial charge in [0.05, 0.1) is 28.0 Å². The third-order valence-corrected chi connectivity index (χ3v) is 7.97. The second-order valence-corrected chi connectivity index (χ2v) is 11.1. The first-order valence-electron chi connectivity index (χ1n) is 12.2. The smallest absolute Gasteiger partial charge is 0.267 e. The Bertz CT molecular complexity index is 1540. The van der Waals surface area contributed by atoms with Crippen LogP contribution in [0.4, 0.5) is 0 Å². The first-order valence-corrected chi connectivity index (χ1v) is 14.1. The molecule has 4 aromatic rings. The molecular formula is C31H23Cl3N2O2S. The molecule has 1 amide bonds. The molecule has 0 N–H and O–H groups in total. The van der Waals surface area contributed by atoms with E-state index in [1.54, 1.807) is 35.2 Å². The maximum atomic E-state index is 13.6. The van der Waals surface area contributed by atoms with E-state index in [0.717, 1.165) is 16.7 Å². The lowest BCUT2D eigenvalue weighted by Gasteiger charge is -2.15. The summed E-state index contributed by atoms with van der Waals surface area (Å²) in [5.41, 5.74) is 3.66. The Labute approximate surface area is 246 Å². The van der Waals surface area contributed by atoms with E-state index in [9.17, 15) is 4.79 Å². The van der Waals surface area contributed by atoms with Gasteiger partial charge in [-0.15, -0.1) is 0 Å². The highest BCUT2D eigenvalue weighted by molar-refractivity contribution is 8.18. The molecule has 8 heteroatoms. The fraction of sp³-hybridized carbons (Fsp3) is 0.0968. The molecule has 196 valence electrons. The summed E-state index contributed by atoms with van der Waals surface area (Å²) in [6.45, 7) is 1.18. The molecule has 0 aromatic heterocycles. The molecule has 0 atom stereocenters. The van der Waals surface area contributed by atoms with Gasteiger partial charge in [0, 0.05) is 10.6 Å². The Kier molecular flexibility index (Phi) is 8.95. The Balaban J connectivity index is 1.43. The number of hydrogen-bond donors (Lipinski definition) is 0. The standard InChI is InChI=1S/C31H23Cl3N2O2S/c32-25-12-14-28(38-20-23-11-13-26(33)27(34)15-23)24(16-25)17-29-30(37)36(19-22-9-5-2-6-10-22)31(39-29)35-18-21-7-3-1-4-8-21/h1-17H,18-20H2/b29-17-,35-31?. The summed E-state index contributed by atoms with van der Waals surface area (Å²) in [6, 6.07) is 30.6. The maximum Gasteiger partial charge on any atom is 0.267 e. The molecule has 1 heterocycles. The van der Waals surface area contributed by atoms with E-state index >= 15 is 0 Å². The van der Waals surface area contributed by atoms with Crippen molar-refractivity contribution >= 4 is 63.7 Å². The molecule has 1 aliphatic heterocycles. The number of ether oxygens (including phenoxy) is 1. The minimum atomic E-state index is -0.119. The topological polar surface area (TPSA) is 41.9 Å². The normalized spacial score (nSPS) is 15.4. The molecule has 0 bridgehead atoms. The van der Waals surface area contributed by atoms with Crippen molar-refractivity contribution in [2.24, 2.45) is 4.99 Å². The Morgan fingerprint density at radius 2 is 1.51 bits per heavy atom. The number of amides is 1. The maximum absolute atomic E-state index is 13.6. The fourth-order valence-electron chi connectivity index (χ4n) is 3.97. The number of nitrogens with zero attached hydrogens (tertiary/aromatic N) is 2. The van der Waals surface area contributed by atoms with Crippen molar-refractivity contribution in [2.75, 3.05) is 0 Å². The van der Waals surface area contributed by atoms with E-state index < -0.39 is 0 Å². The van der Waals surface area contributed by atoms with E-state index in [1.165, 1.54) is 11.8 Å². The molecule has 4 aromatic carbocycles. The van der Waals surface area contributed by atoms with Gasteiger partial charge in [-0.1, -0.05) is 102 Å². The molecule has 39 heavy (non-hydrogen) atoms. The van der Waals surface area contributed by atoms with Crippen molar-refractivity contribution in [3.63, 3.8) is 0 Å². The minimum absolute atomic E-state index is 0.119. The zero-order valence-electron chi connectivity index (χ0n) is 20.7. The number of carbonyl (C=O) groups excluding carboxylic acids is 1. The first kappa shape index (κ1) is 27.4. The molecule has 0 spiro atoms. The van der Waals surface area contributed by atoms with Crippen LogP contribution in [0.15, 0.2) is 107 Å². The number of thioether (sulfide) groups is 1. The molecule has 4 nitrogen and oxygen atoms in total. The number of aliphatic imine (C=N–C) groups is 1. The second kappa shape index (κ2) is 12.8. The lowest BCUT2D eigenvalue weighted by atomic mass is 10.1. The summed E-state index contributed by atoms with van der Waals surface area (Å²) < 4.78 is 6.10. The van der Waals surface area contributed by atoms with Gasteiger partial charge in [0.25, 0.3) is 5.91 Å². The van der Waals surface area contributed by atoms with Crippen molar-refractivity contribution in [2.45, 2.75) is 19.7 Å². The van der Waals surface area contributed by atoms with Gasteiger partial charge in [-0.2, -0.15) is 0 Å². The van der Waals surface area contributed by atoms with Crippen LogP contribution >= 0.6 is 46.6 Å².